The number of methoxy groups -OCH3 is 1. The van der Waals surface area contributed by atoms with Crippen molar-refractivity contribution in [3.63, 3.8) is 0 Å². The van der Waals surface area contributed by atoms with Crippen molar-refractivity contribution in [2.24, 2.45) is 5.10 Å². The summed E-state index contributed by atoms with van der Waals surface area (Å²) in [6.45, 7) is 0.493. The van der Waals surface area contributed by atoms with Gasteiger partial charge in [0.2, 0.25) is 0 Å². The Labute approximate surface area is 120 Å². The Morgan fingerprint density at radius 3 is 2.86 bits per heavy atom. The van der Waals surface area contributed by atoms with Crippen LogP contribution in [-0.2, 0) is 14.3 Å². The van der Waals surface area contributed by atoms with E-state index >= 15 is 0 Å². The molecule has 112 valence electrons. The van der Waals surface area contributed by atoms with Gasteiger partial charge in [0.05, 0.1) is 17.7 Å². The minimum atomic E-state index is -0.937. The van der Waals surface area contributed by atoms with Crippen LogP contribution in [-0.4, -0.2) is 43.2 Å². The monoisotopic (exact) mass is 294 g/mol. The van der Waals surface area contributed by atoms with E-state index in [1.165, 1.54) is 31.5 Å². The van der Waals surface area contributed by atoms with Crippen LogP contribution >= 0.6 is 0 Å². The zero-order valence-electron chi connectivity index (χ0n) is 11.2. The second-order valence-electron chi connectivity index (χ2n) is 3.80. The Morgan fingerprint density at radius 1 is 1.43 bits per heavy atom. The van der Waals surface area contributed by atoms with Gasteiger partial charge < -0.3 is 10.1 Å². The van der Waals surface area contributed by atoms with Gasteiger partial charge in [-0.05, 0) is 0 Å². The summed E-state index contributed by atoms with van der Waals surface area (Å²) in [6.07, 6.45) is 1.20. The number of nitrogens with one attached hydrogen (secondary N) is 2. The fraction of sp³-hybridized carbons (Fsp3) is 0.250. The van der Waals surface area contributed by atoms with Crippen molar-refractivity contribution in [3.8, 4) is 0 Å². The van der Waals surface area contributed by atoms with Gasteiger partial charge in [0.15, 0.2) is 0 Å². The number of nitro benzene ring substituents is 1. The second kappa shape index (κ2) is 8.38. The lowest BCUT2D eigenvalue weighted by atomic mass is 10.2. The maximum absolute atomic E-state index is 11.3. The molecule has 2 amide bonds. The normalized spacial score (nSPS) is 10.3. The van der Waals surface area contributed by atoms with Crippen molar-refractivity contribution in [3.05, 3.63) is 39.9 Å². The molecule has 9 nitrogen and oxygen atoms in total. The zero-order chi connectivity index (χ0) is 15.7. The van der Waals surface area contributed by atoms with Crippen LogP contribution in [0.5, 0.6) is 0 Å². The maximum atomic E-state index is 11.3. The minimum absolute atomic E-state index is 0.0948. The van der Waals surface area contributed by atoms with E-state index in [0.29, 0.717) is 5.56 Å². The summed E-state index contributed by atoms with van der Waals surface area (Å²) >= 11 is 0. The van der Waals surface area contributed by atoms with Crippen molar-refractivity contribution >= 4 is 23.7 Å². The molecular formula is C12H14N4O5. The van der Waals surface area contributed by atoms with Gasteiger partial charge in [0.1, 0.15) is 0 Å². The topological polar surface area (TPSA) is 123 Å². The molecule has 0 aliphatic carbocycles. The van der Waals surface area contributed by atoms with Crippen LogP contribution in [0.2, 0.25) is 0 Å². The highest BCUT2D eigenvalue weighted by atomic mass is 16.6. The van der Waals surface area contributed by atoms with Gasteiger partial charge in [-0.1, -0.05) is 12.1 Å². The molecule has 0 atom stereocenters. The van der Waals surface area contributed by atoms with Gasteiger partial charge >= 0.3 is 11.8 Å². The second-order valence-corrected chi connectivity index (χ2v) is 3.80. The van der Waals surface area contributed by atoms with Crippen LogP contribution in [0.1, 0.15) is 5.56 Å². The van der Waals surface area contributed by atoms with E-state index in [1.54, 1.807) is 6.07 Å². The first-order valence-corrected chi connectivity index (χ1v) is 5.89. The van der Waals surface area contributed by atoms with E-state index in [9.17, 15) is 19.7 Å². The molecule has 9 heteroatoms. The predicted octanol–water partition coefficient (Wildman–Crippen LogP) is -0.192. The minimum Gasteiger partial charge on any atom is -0.383 e. The third-order valence-corrected chi connectivity index (χ3v) is 2.26. The molecule has 1 aromatic carbocycles. The van der Waals surface area contributed by atoms with Crippen LogP contribution in [0.3, 0.4) is 0 Å². The van der Waals surface area contributed by atoms with Crippen LogP contribution in [0.15, 0.2) is 29.4 Å². The van der Waals surface area contributed by atoms with Gasteiger partial charge in [-0.15, -0.1) is 0 Å². The van der Waals surface area contributed by atoms with Crippen LogP contribution < -0.4 is 10.7 Å². The number of carbonyl (C=O) groups excluding carboxylic acids is 2. The number of ether oxygens (including phenoxy) is 1. The van der Waals surface area contributed by atoms with Gasteiger partial charge in [-0.25, -0.2) is 5.43 Å². The summed E-state index contributed by atoms with van der Waals surface area (Å²) < 4.78 is 4.71. The van der Waals surface area contributed by atoms with Gasteiger partial charge in [0, 0.05) is 31.4 Å². The summed E-state index contributed by atoms with van der Waals surface area (Å²) in [4.78, 5) is 32.6. The Balaban J connectivity index is 2.50. The molecule has 0 heterocycles. The number of nitrogens with zero attached hydrogens (tertiary/aromatic N) is 2. The lowest BCUT2D eigenvalue weighted by Gasteiger charge is -2.02. The summed E-state index contributed by atoms with van der Waals surface area (Å²) in [5.41, 5.74) is 2.34. The molecule has 0 fully saturated rings. The Kier molecular flexibility index (Phi) is 6.48. The van der Waals surface area contributed by atoms with E-state index in [4.69, 9.17) is 4.74 Å². The number of nitro groups is 1. The zero-order valence-corrected chi connectivity index (χ0v) is 11.2. The maximum Gasteiger partial charge on any atom is 0.329 e. The molecular weight excluding hydrogens is 280 g/mol. The molecule has 0 saturated carbocycles. The first-order valence-electron chi connectivity index (χ1n) is 5.89. The third kappa shape index (κ3) is 5.78. The molecule has 0 unspecified atom stereocenters. The molecule has 0 aliphatic rings. The number of hydrogen-bond acceptors (Lipinski definition) is 6. The number of rotatable bonds is 6. The highest BCUT2D eigenvalue weighted by Crippen LogP contribution is 2.11. The number of hydrogen-bond donors (Lipinski definition) is 2. The molecule has 0 saturated heterocycles. The average Bonchev–Trinajstić information content (AvgIpc) is 2.47. The molecule has 1 aromatic rings. The molecule has 1 rings (SSSR count). The van der Waals surface area contributed by atoms with E-state index in [1.807, 2.05) is 5.43 Å². The van der Waals surface area contributed by atoms with Crippen LogP contribution in [0.4, 0.5) is 5.69 Å². The standard InChI is InChI=1S/C12H14N4O5/c1-21-6-5-13-11(17)12(18)15-14-8-9-3-2-4-10(7-9)16(19)20/h2-4,7-8H,5-6H2,1H3,(H,13,17)(H,15,18)/b14-8+. The number of benzene rings is 1. The SMILES string of the molecule is COCCNC(=O)C(=O)N/N=C/c1cccc([N+](=O)[O-])c1. The van der Waals surface area contributed by atoms with E-state index in [2.05, 4.69) is 10.4 Å². The van der Waals surface area contributed by atoms with E-state index in [0.717, 1.165) is 0 Å². The molecule has 0 bridgehead atoms. The molecule has 0 aliphatic heterocycles. The van der Waals surface area contributed by atoms with E-state index < -0.39 is 16.7 Å². The van der Waals surface area contributed by atoms with Crippen molar-refractivity contribution in [2.45, 2.75) is 0 Å². The van der Waals surface area contributed by atoms with Crippen molar-refractivity contribution in [1.29, 1.82) is 0 Å². The number of non-ortho nitro benzene ring substituents is 1. The molecule has 2 N–H and O–H groups in total. The van der Waals surface area contributed by atoms with Gasteiger partial charge in [-0.2, -0.15) is 5.10 Å². The predicted molar refractivity (Wildman–Crippen MR) is 73.7 cm³/mol. The Hall–Kier alpha value is -2.81. The van der Waals surface area contributed by atoms with Crippen molar-refractivity contribution in [1.82, 2.24) is 10.7 Å². The molecule has 0 aromatic heterocycles. The summed E-state index contributed by atoms with van der Waals surface area (Å²) in [6, 6.07) is 5.67. The van der Waals surface area contributed by atoms with Gasteiger partial charge in [-0.3, -0.25) is 19.7 Å². The smallest absolute Gasteiger partial charge is 0.329 e. The van der Waals surface area contributed by atoms with Crippen molar-refractivity contribution < 1.29 is 19.2 Å². The van der Waals surface area contributed by atoms with Crippen LogP contribution in [0.25, 0.3) is 0 Å². The Bertz CT molecular complexity index is 558. The summed E-state index contributed by atoms with van der Waals surface area (Å²) in [5.74, 6) is -1.78. The largest absolute Gasteiger partial charge is 0.383 e. The summed E-state index contributed by atoms with van der Waals surface area (Å²) in [5, 5.41) is 16.4. The quantitative estimate of drug-likeness (QED) is 0.247. The van der Waals surface area contributed by atoms with Crippen LogP contribution in [0, 0.1) is 10.1 Å². The number of amides is 2. The fourth-order valence-corrected chi connectivity index (χ4v) is 1.28. The highest BCUT2D eigenvalue weighted by Gasteiger charge is 2.11. The first-order chi connectivity index (χ1) is 10.0. The highest BCUT2D eigenvalue weighted by molar-refractivity contribution is 6.35. The Morgan fingerprint density at radius 2 is 2.19 bits per heavy atom. The summed E-state index contributed by atoms with van der Waals surface area (Å²) in [7, 11) is 1.47. The van der Waals surface area contributed by atoms with Crippen molar-refractivity contribution in [2.75, 3.05) is 20.3 Å². The van der Waals surface area contributed by atoms with E-state index in [-0.39, 0.29) is 18.8 Å². The van der Waals surface area contributed by atoms with Gasteiger partial charge in [0.25, 0.3) is 5.69 Å². The first kappa shape index (κ1) is 16.2. The molecule has 0 radical (unpaired) electrons. The number of hydrazone groups is 1. The average molecular weight is 294 g/mol. The molecule has 0 spiro atoms. The number of carbonyl (C=O) groups is 2. The lowest BCUT2D eigenvalue weighted by Crippen LogP contribution is -2.39. The third-order valence-electron chi connectivity index (χ3n) is 2.26. The lowest BCUT2D eigenvalue weighted by molar-refractivity contribution is -0.384. The fourth-order valence-electron chi connectivity index (χ4n) is 1.28. The molecule has 21 heavy (non-hydrogen) atoms.